The van der Waals surface area contributed by atoms with Crippen LogP contribution in [0.15, 0.2) is 12.4 Å². The number of rotatable bonds is 5. The summed E-state index contributed by atoms with van der Waals surface area (Å²) >= 11 is 0. The number of aryl methyl sites for hydroxylation is 1. The Morgan fingerprint density at radius 2 is 2.19 bits per heavy atom. The van der Waals surface area contributed by atoms with Crippen molar-refractivity contribution in [1.82, 2.24) is 15.6 Å². The minimum absolute atomic E-state index is 0. The fraction of sp³-hybridized carbons (Fsp3) is 0.545. The summed E-state index contributed by atoms with van der Waals surface area (Å²) in [5, 5.41) is 6.13. The van der Waals surface area contributed by atoms with Crippen molar-refractivity contribution in [2.24, 2.45) is 0 Å². The molecule has 0 aliphatic carbocycles. The minimum atomic E-state index is -0.0153. The summed E-state index contributed by atoms with van der Waals surface area (Å²) < 4.78 is 0. The third kappa shape index (κ3) is 4.24. The Labute approximate surface area is 103 Å². The maximum Gasteiger partial charge on any atom is 0.253 e. The Balaban J connectivity index is 0.00000225. The van der Waals surface area contributed by atoms with Crippen molar-refractivity contribution in [3.63, 3.8) is 0 Å². The first-order valence-electron chi connectivity index (χ1n) is 5.30. The van der Waals surface area contributed by atoms with Gasteiger partial charge in [0, 0.05) is 25.0 Å². The minimum Gasteiger partial charge on any atom is -0.367 e. The average Bonchev–Trinajstić information content (AvgIpc) is 2.61. The number of likely N-dealkylation sites (N-methyl/N-ethyl adjacent to an activating group) is 1. The molecule has 0 unspecified atom stereocenters. The molecule has 1 aromatic heterocycles. The summed E-state index contributed by atoms with van der Waals surface area (Å²) in [4.78, 5) is 14.6. The van der Waals surface area contributed by atoms with Crippen molar-refractivity contribution in [2.45, 2.75) is 26.8 Å². The number of amides is 1. The van der Waals surface area contributed by atoms with Gasteiger partial charge in [-0.2, -0.15) is 0 Å². The van der Waals surface area contributed by atoms with E-state index in [9.17, 15) is 4.79 Å². The third-order valence-corrected chi connectivity index (χ3v) is 2.32. The molecule has 1 heterocycles. The van der Waals surface area contributed by atoms with E-state index < -0.39 is 0 Å². The van der Waals surface area contributed by atoms with E-state index in [0.29, 0.717) is 12.6 Å². The van der Waals surface area contributed by atoms with Gasteiger partial charge in [-0.25, -0.2) is 0 Å². The van der Waals surface area contributed by atoms with E-state index in [-0.39, 0.29) is 18.3 Å². The van der Waals surface area contributed by atoms with Gasteiger partial charge >= 0.3 is 0 Å². The van der Waals surface area contributed by atoms with Gasteiger partial charge in [-0.05, 0) is 26.0 Å². The van der Waals surface area contributed by atoms with Crippen molar-refractivity contribution in [3.8, 4) is 0 Å². The fourth-order valence-electron chi connectivity index (χ4n) is 1.45. The van der Waals surface area contributed by atoms with Crippen LogP contribution in [0.2, 0.25) is 0 Å². The van der Waals surface area contributed by atoms with Crippen LogP contribution in [0.25, 0.3) is 0 Å². The molecule has 0 bridgehead atoms. The second-order valence-electron chi connectivity index (χ2n) is 3.72. The summed E-state index contributed by atoms with van der Waals surface area (Å²) in [6.07, 6.45) is 3.55. The zero-order valence-electron chi connectivity index (χ0n) is 9.96. The maximum absolute atomic E-state index is 11.7. The van der Waals surface area contributed by atoms with E-state index >= 15 is 0 Å². The van der Waals surface area contributed by atoms with Crippen LogP contribution in [0.4, 0.5) is 0 Å². The second-order valence-corrected chi connectivity index (χ2v) is 3.72. The lowest BCUT2D eigenvalue weighted by atomic mass is 10.2. The van der Waals surface area contributed by atoms with Gasteiger partial charge in [-0.3, -0.25) is 4.79 Å². The SMILES string of the molecule is CCN[C@H](C)CNC(=O)c1c[nH]cc1C.Cl. The fourth-order valence-corrected chi connectivity index (χ4v) is 1.45. The summed E-state index contributed by atoms with van der Waals surface area (Å²) in [5.74, 6) is -0.0153. The van der Waals surface area contributed by atoms with Gasteiger partial charge in [-0.15, -0.1) is 12.4 Å². The molecule has 0 aliphatic heterocycles. The summed E-state index contributed by atoms with van der Waals surface area (Å²) in [5.41, 5.74) is 1.70. The Kier molecular flexibility index (Phi) is 6.85. The highest BCUT2D eigenvalue weighted by atomic mass is 35.5. The van der Waals surface area contributed by atoms with E-state index in [1.165, 1.54) is 0 Å². The summed E-state index contributed by atoms with van der Waals surface area (Å²) in [7, 11) is 0. The lowest BCUT2D eigenvalue weighted by molar-refractivity contribution is 0.0950. The van der Waals surface area contributed by atoms with Crippen molar-refractivity contribution < 1.29 is 4.79 Å². The number of halogens is 1. The van der Waals surface area contributed by atoms with Gasteiger partial charge in [0.25, 0.3) is 5.91 Å². The standard InChI is InChI=1S/C11H19N3O.ClH/c1-4-13-9(3)6-14-11(15)10-7-12-5-8(10)2;/h5,7,9,12-13H,4,6H2,1-3H3,(H,14,15);1H/t9-;/m1./s1. The molecule has 5 heteroatoms. The highest BCUT2D eigenvalue weighted by molar-refractivity contribution is 5.95. The molecule has 0 aromatic carbocycles. The van der Waals surface area contributed by atoms with Gasteiger partial charge in [0.15, 0.2) is 0 Å². The third-order valence-electron chi connectivity index (χ3n) is 2.32. The number of aromatic amines is 1. The molecular formula is C11H20ClN3O. The molecule has 1 atom stereocenters. The van der Waals surface area contributed by atoms with Crippen LogP contribution >= 0.6 is 12.4 Å². The molecule has 1 aromatic rings. The van der Waals surface area contributed by atoms with Gasteiger partial charge in [-0.1, -0.05) is 6.92 Å². The molecule has 0 radical (unpaired) electrons. The molecule has 1 amide bonds. The van der Waals surface area contributed by atoms with Crippen molar-refractivity contribution >= 4 is 18.3 Å². The Hall–Kier alpha value is -1.00. The number of aromatic nitrogens is 1. The van der Waals surface area contributed by atoms with Crippen LogP contribution in [-0.4, -0.2) is 30.0 Å². The summed E-state index contributed by atoms with van der Waals surface area (Å²) in [6.45, 7) is 7.58. The Bertz CT molecular complexity index is 325. The number of hydrogen-bond donors (Lipinski definition) is 3. The molecule has 3 N–H and O–H groups in total. The monoisotopic (exact) mass is 245 g/mol. The highest BCUT2D eigenvalue weighted by Crippen LogP contribution is 2.04. The predicted octanol–water partition coefficient (Wildman–Crippen LogP) is 1.47. The van der Waals surface area contributed by atoms with E-state index in [1.54, 1.807) is 6.20 Å². The quantitative estimate of drug-likeness (QED) is 0.736. The first kappa shape index (κ1) is 15.0. The molecule has 92 valence electrons. The highest BCUT2D eigenvalue weighted by Gasteiger charge is 2.09. The molecule has 0 aliphatic rings. The number of hydrogen-bond acceptors (Lipinski definition) is 2. The second kappa shape index (κ2) is 7.30. The van der Waals surface area contributed by atoms with Gasteiger partial charge < -0.3 is 15.6 Å². The molecular weight excluding hydrogens is 226 g/mol. The number of nitrogens with one attached hydrogen (secondary N) is 3. The Morgan fingerprint density at radius 1 is 1.50 bits per heavy atom. The number of H-pyrrole nitrogens is 1. The smallest absolute Gasteiger partial charge is 0.253 e. The normalized spacial score (nSPS) is 11.7. The number of carbonyl (C=O) groups is 1. The lowest BCUT2D eigenvalue weighted by Crippen LogP contribution is -2.38. The zero-order valence-corrected chi connectivity index (χ0v) is 10.8. The largest absolute Gasteiger partial charge is 0.367 e. The molecule has 4 nitrogen and oxygen atoms in total. The molecule has 0 fully saturated rings. The van der Waals surface area contributed by atoms with E-state index in [2.05, 4.69) is 22.5 Å². The number of carbonyl (C=O) groups excluding carboxylic acids is 1. The van der Waals surface area contributed by atoms with Crippen molar-refractivity contribution in [2.75, 3.05) is 13.1 Å². The molecule has 0 spiro atoms. The van der Waals surface area contributed by atoms with Crippen LogP contribution in [0, 0.1) is 6.92 Å². The van der Waals surface area contributed by atoms with E-state index in [0.717, 1.165) is 17.7 Å². The van der Waals surface area contributed by atoms with Gasteiger partial charge in [0.05, 0.1) is 5.56 Å². The zero-order chi connectivity index (χ0) is 11.3. The van der Waals surface area contributed by atoms with E-state index in [1.807, 2.05) is 20.0 Å². The summed E-state index contributed by atoms with van der Waals surface area (Å²) in [6, 6.07) is 0.304. The first-order valence-corrected chi connectivity index (χ1v) is 5.30. The van der Waals surface area contributed by atoms with Crippen LogP contribution in [0.3, 0.4) is 0 Å². The molecule has 0 saturated carbocycles. The van der Waals surface area contributed by atoms with Crippen LogP contribution in [0.1, 0.15) is 29.8 Å². The van der Waals surface area contributed by atoms with Gasteiger partial charge in [0.2, 0.25) is 0 Å². The van der Waals surface area contributed by atoms with Crippen LogP contribution in [0.5, 0.6) is 0 Å². The van der Waals surface area contributed by atoms with Gasteiger partial charge in [0.1, 0.15) is 0 Å². The molecule has 16 heavy (non-hydrogen) atoms. The first-order chi connectivity index (χ1) is 7.15. The van der Waals surface area contributed by atoms with Crippen molar-refractivity contribution in [1.29, 1.82) is 0 Å². The maximum atomic E-state index is 11.7. The van der Waals surface area contributed by atoms with E-state index in [4.69, 9.17) is 0 Å². The Morgan fingerprint density at radius 3 is 2.69 bits per heavy atom. The van der Waals surface area contributed by atoms with Crippen molar-refractivity contribution in [3.05, 3.63) is 23.5 Å². The average molecular weight is 246 g/mol. The molecule has 1 rings (SSSR count). The van der Waals surface area contributed by atoms with Crippen LogP contribution in [-0.2, 0) is 0 Å². The lowest BCUT2D eigenvalue weighted by Gasteiger charge is -2.12. The molecule has 0 saturated heterocycles. The van der Waals surface area contributed by atoms with Crippen LogP contribution < -0.4 is 10.6 Å². The topological polar surface area (TPSA) is 56.9 Å². The predicted molar refractivity (Wildman–Crippen MR) is 68.2 cm³/mol.